The van der Waals surface area contributed by atoms with Gasteiger partial charge in [0.15, 0.2) is 0 Å². The van der Waals surface area contributed by atoms with Gasteiger partial charge in [-0.25, -0.2) is 4.79 Å². The summed E-state index contributed by atoms with van der Waals surface area (Å²) in [6.07, 6.45) is 5.45. The lowest BCUT2D eigenvalue weighted by Gasteiger charge is -2.53. The number of phenols is 1. The quantitative estimate of drug-likeness (QED) is 0.670. The summed E-state index contributed by atoms with van der Waals surface area (Å²) in [7, 11) is 0. The lowest BCUT2D eigenvalue weighted by atomic mass is 9.58. The van der Waals surface area contributed by atoms with Crippen LogP contribution in [0, 0.1) is 5.92 Å². The minimum atomic E-state index is -0.359. The van der Waals surface area contributed by atoms with Crippen LogP contribution in [0.4, 0.5) is 4.79 Å². The first-order valence-corrected chi connectivity index (χ1v) is 11.2. The van der Waals surface area contributed by atoms with Gasteiger partial charge in [0.05, 0.1) is 0 Å². The molecule has 1 heterocycles. The van der Waals surface area contributed by atoms with Crippen molar-refractivity contribution in [3.8, 4) is 5.75 Å². The molecule has 2 aliphatic rings. The third-order valence-corrected chi connectivity index (χ3v) is 6.95. The van der Waals surface area contributed by atoms with Crippen molar-refractivity contribution >= 4 is 6.09 Å². The van der Waals surface area contributed by atoms with E-state index in [1.54, 1.807) is 6.07 Å². The number of phenolic OH excluding ortho intramolecular Hbond substituents is 1. The smallest absolute Gasteiger partial charge is 0.407 e. The molecule has 1 amide bonds. The molecule has 1 aliphatic heterocycles. The second-order valence-corrected chi connectivity index (χ2v) is 8.89. The number of nitrogens with zero attached hydrogens (tertiary/aromatic N) is 1. The van der Waals surface area contributed by atoms with Gasteiger partial charge in [0.2, 0.25) is 0 Å². The van der Waals surface area contributed by atoms with Crippen LogP contribution in [0.3, 0.4) is 0 Å². The fraction of sp³-hybridized carbons (Fsp3) is 0.423. The zero-order valence-corrected chi connectivity index (χ0v) is 18.0. The van der Waals surface area contributed by atoms with Gasteiger partial charge < -0.3 is 15.2 Å². The van der Waals surface area contributed by atoms with E-state index in [9.17, 15) is 9.90 Å². The molecule has 31 heavy (non-hydrogen) atoms. The molecule has 2 aromatic carbocycles. The highest BCUT2D eigenvalue weighted by molar-refractivity contribution is 5.67. The summed E-state index contributed by atoms with van der Waals surface area (Å²) >= 11 is 0. The summed E-state index contributed by atoms with van der Waals surface area (Å²) in [6, 6.07) is 17.5. The topological polar surface area (TPSA) is 61.8 Å². The number of benzene rings is 2. The van der Waals surface area contributed by atoms with Crippen molar-refractivity contribution in [2.45, 2.75) is 43.7 Å². The van der Waals surface area contributed by atoms with Gasteiger partial charge in [-0.1, -0.05) is 48.5 Å². The third-order valence-electron chi connectivity index (χ3n) is 6.95. The maximum absolute atomic E-state index is 12.5. The van der Waals surface area contributed by atoms with Crippen molar-refractivity contribution in [3.05, 3.63) is 78.4 Å². The van der Waals surface area contributed by atoms with E-state index in [1.165, 1.54) is 5.56 Å². The number of carbonyl (C=O) groups excluding carboxylic acids is 1. The SMILES string of the molecule is C=CCN1CCC2(c3cccc(O)c3)CC(NC(=O)OCc3ccccc3)CCC2C1. The Hall–Kier alpha value is -2.79. The van der Waals surface area contributed by atoms with Gasteiger partial charge >= 0.3 is 6.09 Å². The highest BCUT2D eigenvalue weighted by atomic mass is 16.5. The Morgan fingerprint density at radius 2 is 2.06 bits per heavy atom. The number of carbonyl (C=O) groups is 1. The first kappa shape index (κ1) is 21.4. The number of amides is 1. The van der Waals surface area contributed by atoms with Crippen LogP contribution in [-0.2, 0) is 16.8 Å². The van der Waals surface area contributed by atoms with Crippen molar-refractivity contribution in [1.82, 2.24) is 10.2 Å². The summed E-state index contributed by atoms with van der Waals surface area (Å²) in [5.74, 6) is 0.790. The van der Waals surface area contributed by atoms with Gasteiger partial charge in [0.1, 0.15) is 12.4 Å². The average molecular weight is 421 g/mol. The first-order valence-electron chi connectivity index (χ1n) is 11.2. The van der Waals surface area contributed by atoms with Crippen LogP contribution in [0.1, 0.15) is 36.8 Å². The van der Waals surface area contributed by atoms with Crippen molar-refractivity contribution in [3.63, 3.8) is 0 Å². The zero-order chi connectivity index (χ0) is 21.7. The van der Waals surface area contributed by atoms with Crippen LogP contribution in [0.2, 0.25) is 0 Å². The molecular weight excluding hydrogens is 388 g/mol. The number of rotatable bonds is 6. The molecule has 4 rings (SSSR count). The number of likely N-dealkylation sites (tertiary alicyclic amines) is 1. The highest BCUT2D eigenvalue weighted by Gasteiger charge is 2.48. The van der Waals surface area contributed by atoms with E-state index >= 15 is 0 Å². The van der Waals surface area contributed by atoms with E-state index in [-0.39, 0.29) is 24.2 Å². The Morgan fingerprint density at radius 3 is 2.84 bits per heavy atom. The Bertz CT molecular complexity index is 901. The van der Waals surface area contributed by atoms with Crippen molar-refractivity contribution in [1.29, 1.82) is 0 Å². The minimum Gasteiger partial charge on any atom is -0.508 e. The molecule has 5 heteroatoms. The highest BCUT2D eigenvalue weighted by Crippen LogP contribution is 2.49. The molecule has 164 valence electrons. The summed E-state index contributed by atoms with van der Waals surface area (Å²) in [5, 5.41) is 13.3. The number of piperidine rings is 1. The standard InChI is InChI=1S/C26H32N2O3/c1-2-14-28-15-13-26(21-9-6-10-24(29)16-21)17-23(12-11-22(26)18-28)27-25(30)31-19-20-7-4-3-5-8-20/h2-10,16,22-23,29H,1,11-15,17-19H2,(H,27,30). The molecule has 3 atom stereocenters. The van der Waals surface area contributed by atoms with Gasteiger partial charge in [-0.3, -0.25) is 4.90 Å². The Labute approximate surface area is 184 Å². The molecule has 1 saturated heterocycles. The van der Waals surface area contributed by atoms with Gasteiger partial charge in [-0.05, 0) is 61.4 Å². The summed E-state index contributed by atoms with van der Waals surface area (Å²) in [5.41, 5.74) is 2.11. The molecule has 1 aliphatic carbocycles. The Kier molecular flexibility index (Phi) is 6.62. The molecule has 1 saturated carbocycles. The Balaban J connectivity index is 1.46. The molecule has 2 N–H and O–H groups in total. The van der Waals surface area contributed by atoms with E-state index in [0.717, 1.165) is 50.9 Å². The van der Waals surface area contributed by atoms with Crippen LogP contribution in [0.25, 0.3) is 0 Å². The van der Waals surface area contributed by atoms with Crippen LogP contribution >= 0.6 is 0 Å². The summed E-state index contributed by atoms with van der Waals surface area (Å²) in [4.78, 5) is 14.9. The largest absolute Gasteiger partial charge is 0.508 e. The van der Waals surface area contributed by atoms with Crippen LogP contribution in [-0.4, -0.2) is 41.8 Å². The zero-order valence-electron chi connectivity index (χ0n) is 18.0. The van der Waals surface area contributed by atoms with Gasteiger partial charge in [0, 0.05) is 24.5 Å². The molecule has 0 spiro atoms. The molecule has 2 aromatic rings. The molecule has 2 fully saturated rings. The number of aromatic hydroxyl groups is 1. The number of ether oxygens (including phenoxy) is 1. The summed E-state index contributed by atoms with van der Waals surface area (Å²) < 4.78 is 5.46. The van der Waals surface area contributed by atoms with E-state index in [1.807, 2.05) is 48.5 Å². The number of fused-ring (bicyclic) bond motifs is 1. The maximum atomic E-state index is 12.5. The van der Waals surface area contributed by atoms with E-state index in [2.05, 4.69) is 22.9 Å². The van der Waals surface area contributed by atoms with Crippen LogP contribution < -0.4 is 5.32 Å². The monoisotopic (exact) mass is 420 g/mol. The third kappa shape index (κ3) is 4.93. The van der Waals surface area contributed by atoms with E-state index in [4.69, 9.17) is 4.74 Å². The number of alkyl carbamates (subject to hydrolysis) is 1. The minimum absolute atomic E-state index is 0.0496. The number of hydrogen-bond donors (Lipinski definition) is 2. The lowest BCUT2D eigenvalue weighted by molar-refractivity contribution is 0.0471. The maximum Gasteiger partial charge on any atom is 0.407 e. The Morgan fingerprint density at radius 1 is 1.23 bits per heavy atom. The molecule has 0 bridgehead atoms. The van der Waals surface area contributed by atoms with Crippen LogP contribution in [0.5, 0.6) is 5.75 Å². The van der Waals surface area contributed by atoms with Crippen molar-refractivity contribution in [2.75, 3.05) is 19.6 Å². The molecule has 0 radical (unpaired) electrons. The summed E-state index contributed by atoms with van der Waals surface area (Å²) in [6.45, 7) is 7.08. The second-order valence-electron chi connectivity index (χ2n) is 8.89. The fourth-order valence-electron chi connectivity index (χ4n) is 5.44. The molecule has 0 aromatic heterocycles. The van der Waals surface area contributed by atoms with Gasteiger partial charge in [0.25, 0.3) is 0 Å². The van der Waals surface area contributed by atoms with E-state index in [0.29, 0.717) is 11.7 Å². The molecule has 5 nitrogen and oxygen atoms in total. The molecular formula is C26H32N2O3. The van der Waals surface area contributed by atoms with Crippen molar-refractivity contribution < 1.29 is 14.6 Å². The predicted octanol–water partition coefficient (Wildman–Crippen LogP) is 4.62. The fourth-order valence-corrected chi connectivity index (χ4v) is 5.44. The van der Waals surface area contributed by atoms with Crippen molar-refractivity contribution in [2.24, 2.45) is 5.92 Å². The average Bonchev–Trinajstić information content (AvgIpc) is 2.79. The lowest BCUT2D eigenvalue weighted by Crippen LogP contribution is -2.56. The molecule has 3 unspecified atom stereocenters. The van der Waals surface area contributed by atoms with Crippen LogP contribution in [0.15, 0.2) is 67.3 Å². The second kappa shape index (κ2) is 9.56. The normalized spacial score (nSPS) is 25.9. The number of nitrogens with one attached hydrogen (secondary N) is 1. The van der Waals surface area contributed by atoms with Gasteiger partial charge in [-0.2, -0.15) is 0 Å². The number of hydrogen-bond acceptors (Lipinski definition) is 4. The first-order chi connectivity index (χ1) is 15.1. The predicted molar refractivity (Wildman–Crippen MR) is 122 cm³/mol. The van der Waals surface area contributed by atoms with Gasteiger partial charge in [-0.15, -0.1) is 6.58 Å². The van der Waals surface area contributed by atoms with E-state index < -0.39 is 0 Å².